The average molecular weight is 441 g/mol. The third kappa shape index (κ3) is 6.26. The molecule has 0 radical (unpaired) electrons. The van der Waals surface area contributed by atoms with Crippen LogP contribution in [-0.4, -0.2) is 0 Å². The molecule has 2 aliphatic rings. The Kier molecular flexibility index (Phi) is 8.87. The zero-order valence-electron chi connectivity index (χ0n) is 19.4. The van der Waals surface area contributed by atoms with E-state index in [1.807, 2.05) is 6.92 Å². The van der Waals surface area contributed by atoms with Crippen molar-refractivity contribution < 1.29 is 17.6 Å². The van der Waals surface area contributed by atoms with Gasteiger partial charge in [0.05, 0.1) is 5.56 Å². The van der Waals surface area contributed by atoms with E-state index in [9.17, 15) is 13.2 Å². The SMILES string of the molecule is CCCCCC1CCC(C2CCC(c3ccc(CCC)c(C(F)(F)F)c3F)CC2)CC1. The van der Waals surface area contributed by atoms with Crippen LogP contribution >= 0.6 is 0 Å². The van der Waals surface area contributed by atoms with Crippen molar-refractivity contribution in [3.05, 3.63) is 34.6 Å². The maximum absolute atomic E-state index is 15.0. The van der Waals surface area contributed by atoms with Crippen LogP contribution in [0.2, 0.25) is 0 Å². The number of rotatable bonds is 8. The first-order valence-corrected chi connectivity index (χ1v) is 12.7. The van der Waals surface area contributed by atoms with E-state index in [1.165, 1.54) is 57.4 Å². The second-order valence-corrected chi connectivity index (χ2v) is 10.1. The summed E-state index contributed by atoms with van der Waals surface area (Å²) >= 11 is 0. The Morgan fingerprint density at radius 3 is 1.97 bits per heavy atom. The van der Waals surface area contributed by atoms with Crippen LogP contribution < -0.4 is 0 Å². The summed E-state index contributed by atoms with van der Waals surface area (Å²) < 4.78 is 55.8. The van der Waals surface area contributed by atoms with E-state index in [0.717, 1.165) is 37.5 Å². The molecular formula is C27H40F4. The molecule has 0 bridgehead atoms. The van der Waals surface area contributed by atoms with Gasteiger partial charge in [0.15, 0.2) is 0 Å². The van der Waals surface area contributed by atoms with Crippen molar-refractivity contribution in [2.45, 2.75) is 116 Å². The molecule has 0 amide bonds. The van der Waals surface area contributed by atoms with Crippen molar-refractivity contribution in [3.63, 3.8) is 0 Å². The van der Waals surface area contributed by atoms with Gasteiger partial charge in [-0.25, -0.2) is 4.39 Å². The first kappa shape index (κ1) is 24.6. The molecule has 0 atom stereocenters. The van der Waals surface area contributed by atoms with Crippen molar-refractivity contribution in [1.29, 1.82) is 0 Å². The largest absolute Gasteiger partial charge is 0.419 e. The summed E-state index contributed by atoms with van der Waals surface area (Å²) in [5.74, 6) is 1.27. The summed E-state index contributed by atoms with van der Waals surface area (Å²) in [6, 6.07) is 3.17. The van der Waals surface area contributed by atoms with E-state index >= 15 is 4.39 Å². The third-order valence-corrected chi connectivity index (χ3v) is 8.05. The molecular weight excluding hydrogens is 400 g/mol. The van der Waals surface area contributed by atoms with Gasteiger partial charge in [-0.3, -0.25) is 0 Å². The minimum Gasteiger partial charge on any atom is -0.206 e. The molecule has 31 heavy (non-hydrogen) atoms. The molecule has 2 saturated carbocycles. The molecule has 3 rings (SSSR count). The van der Waals surface area contributed by atoms with Gasteiger partial charge in [-0.1, -0.05) is 70.9 Å². The second kappa shape index (κ2) is 11.2. The Labute approximate surface area is 186 Å². The smallest absolute Gasteiger partial charge is 0.206 e. The Morgan fingerprint density at radius 1 is 0.806 bits per heavy atom. The summed E-state index contributed by atoms with van der Waals surface area (Å²) in [5, 5.41) is 0. The van der Waals surface area contributed by atoms with Gasteiger partial charge in [0.1, 0.15) is 5.82 Å². The predicted octanol–water partition coefficient (Wildman–Crippen LogP) is 9.46. The van der Waals surface area contributed by atoms with E-state index in [-0.39, 0.29) is 17.9 Å². The van der Waals surface area contributed by atoms with Gasteiger partial charge in [-0.2, -0.15) is 13.2 Å². The number of alkyl halides is 3. The van der Waals surface area contributed by atoms with Crippen molar-refractivity contribution >= 4 is 0 Å². The summed E-state index contributed by atoms with van der Waals surface area (Å²) in [4.78, 5) is 0. The highest BCUT2D eigenvalue weighted by atomic mass is 19.4. The van der Waals surface area contributed by atoms with Crippen LogP contribution in [0.4, 0.5) is 17.6 Å². The lowest BCUT2D eigenvalue weighted by Gasteiger charge is -2.38. The van der Waals surface area contributed by atoms with Crippen molar-refractivity contribution in [3.8, 4) is 0 Å². The normalized spacial score (nSPS) is 27.4. The van der Waals surface area contributed by atoms with E-state index < -0.39 is 17.6 Å². The van der Waals surface area contributed by atoms with Crippen LogP contribution in [0, 0.1) is 23.6 Å². The van der Waals surface area contributed by atoms with E-state index in [4.69, 9.17) is 0 Å². The summed E-state index contributed by atoms with van der Waals surface area (Å²) in [5.41, 5.74) is -0.624. The molecule has 0 unspecified atom stereocenters. The zero-order chi connectivity index (χ0) is 22.4. The summed E-state index contributed by atoms with van der Waals surface area (Å²) in [6.07, 6.45) is 10.6. The lowest BCUT2D eigenvalue weighted by atomic mass is 9.67. The zero-order valence-corrected chi connectivity index (χ0v) is 19.4. The van der Waals surface area contributed by atoms with Gasteiger partial charge in [0, 0.05) is 0 Å². The van der Waals surface area contributed by atoms with Crippen molar-refractivity contribution in [2.75, 3.05) is 0 Å². The summed E-state index contributed by atoms with van der Waals surface area (Å²) in [7, 11) is 0. The maximum Gasteiger partial charge on any atom is 0.419 e. The molecule has 176 valence electrons. The number of hydrogen-bond donors (Lipinski definition) is 0. The van der Waals surface area contributed by atoms with Gasteiger partial charge in [-0.05, 0) is 79.7 Å². The molecule has 0 spiro atoms. The molecule has 2 aliphatic carbocycles. The molecule has 0 aliphatic heterocycles. The van der Waals surface area contributed by atoms with Crippen LogP contribution in [0.3, 0.4) is 0 Å². The molecule has 0 aromatic heterocycles. The van der Waals surface area contributed by atoms with Crippen LogP contribution in [0.25, 0.3) is 0 Å². The average Bonchev–Trinajstić information content (AvgIpc) is 2.74. The van der Waals surface area contributed by atoms with Gasteiger partial charge >= 0.3 is 6.18 Å². The van der Waals surface area contributed by atoms with Crippen molar-refractivity contribution in [2.24, 2.45) is 17.8 Å². The molecule has 0 heterocycles. The Hall–Kier alpha value is -1.06. The van der Waals surface area contributed by atoms with E-state index in [1.54, 1.807) is 6.07 Å². The molecule has 0 N–H and O–H groups in total. The predicted molar refractivity (Wildman–Crippen MR) is 120 cm³/mol. The molecule has 1 aromatic carbocycles. The fourth-order valence-electron chi connectivity index (χ4n) is 6.26. The lowest BCUT2D eigenvalue weighted by Crippen LogP contribution is -2.26. The number of unbranched alkanes of at least 4 members (excludes halogenated alkanes) is 2. The van der Waals surface area contributed by atoms with Crippen LogP contribution in [0.15, 0.2) is 12.1 Å². The Morgan fingerprint density at radius 2 is 1.42 bits per heavy atom. The first-order chi connectivity index (χ1) is 14.8. The van der Waals surface area contributed by atoms with Gasteiger partial charge in [-0.15, -0.1) is 0 Å². The number of benzene rings is 1. The van der Waals surface area contributed by atoms with Gasteiger partial charge in [0.25, 0.3) is 0 Å². The third-order valence-electron chi connectivity index (χ3n) is 8.05. The second-order valence-electron chi connectivity index (χ2n) is 10.1. The molecule has 0 saturated heterocycles. The fraction of sp³-hybridized carbons (Fsp3) is 0.778. The van der Waals surface area contributed by atoms with Crippen molar-refractivity contribution in [1.82, 2.24) is 0 Å². The molecule has 2 fully saturated rings. The van der Waals surface area contributed by atoms with E-state index in [2.05, 4.69) is 6.92 Å². The Bertz CT molecular complexity index is 677. The highest BCUT2D eigenvalue weighted by molar-refractivity contribution is 5.38. The van der Waals surface area contributed by atoms with Crippen LogP contribution in [0.1, 0.15) is 120 Å². The lowest BCUT2D eigenvalue weighted by molar-refractivity contribution is -0.140. The maximum atomic E-state index is 15.0. The molecule has 0 nitrogen and oxygen atoms in total. The monoisotopic (exact) mass is 440 g/mol. The quantitative estimate of drug-likeness (QED) is 0.279. The fourth-order valence-corrected chi connectivity index (χ4v) is 6.26. The number of hydrogen-bond acceptors (Lipinski definition) is 0. The molecule has 4 heteroatoms. The van der Waals surface area contributed by atoms with Gasteiger partial charge < -0.3 is 0 Å². The number of aryl methyl sites for hydroxylation is 1. The Balaban J connectivity index is 1.58. The first-order valence-electron chi connectivity index (χ1n) is 12.7. The standard InChI is InChI=1S/C27H40F4/c1-3-5-6-8-19-9-11-20(12-10-19)21-13-15-22(16-14-21)24-18-17-23(7-4-2)25(26(24)28)27(29,30)31/h17-22H,3-16H2,1-2H3. The summed E-state index contributed by atoms with van der Waals surface area (Å²) in [6.45, 7) is 4.08. The number of halogens is 4. The minimum absolute atomic E-state index is 0.0709. The highest BCUT2D eigenvalue weighted by Gasteiger charge is 2.39. The van der Waals surface area contributed by atoms with Crippen LogP contribution in [-0.2, 0) is 12.6 Å². The molecule has 1 aromatic rings. The minimum atomic E-state index is -4.63. The van der Waals surface area contributed by atoms with E-state index in [0.29, 0.717) is 17.9 Å². The van der Waals surface area contributed by atoms with Gasteiger partial charge in [0.2, 0.25) is 0 Å². The van der Waals surface area contributed by atoms with Crippen LogP contribution in [0.5, 0.6) is 0 Å². The highest BCUT2D eigenvalue weighted by Crippen LogP contribution is 2.46. The topological polar surface area (TPSA) is 0 Å².